The standard InChI is InChI=1S/C15H17N3O2S/c19-14(15(20)6-10-21-11-7-15)17-12-2-4-13(5-3-12)18-9-1-8-16-18/h1-5,8-9,20H,6-7,10-11H2,(H,17,19). The fraction of sp³-hybridized carbons (Fsp3) is 0.333. The van der Waals surface area contributed by atoms with Crippen LogP contribution in [0.5, 0.6) is 0 Å². The molecule has 0 bridgehead atoms. The van der Waals surface area contributed by atoms with Gasteiger partial charge in [0.2, 0.25) is 0 Å². The molecule has 2 aromatic rings. The van der Waals surface area contributed by atoms with Crippen molar-refractivity contribution in [2.75, 3.05) is 16.8 Å². The molecule has 1 aliphatic rings. The van der Waals surface area contributed by atoms with Crippen LogP contribution >= 0.6 is 11.8 Å². The summed E-state index contributed by atoms with van der Waals surface area (Å²) in [4.78, 5) is 12.2. The number of carbonyl (C=O) groups excluding carboxylic acids is 1. The number of aromatic nitrogens is 2. The van der Waals surface area contributed by atoms with Crippen molar-refractivity contribution in [1.29, 1.82) is 0 Å². The molecule has 110 valence electrons. The van der Waals surface area contributed by atoms with E-state index < -0.39 is 5.60 Å². The zero-order valence-electron chi connectivity index (χ0n) is 11.5. The van der Waals surface area contributed by atoms with Crippen molar-refractivity contribution in [3.8, 4) is 5.69 Å². The largest absolute Gasteiger partial charge is 0.380 e. The number of rotatable bonds is 3. The van der Waals surface area contributed by atoms with Crippen LogP contribution in [-0.2, 0) is 4.79 Å². The van der Waals surface area contributed by atoms with Gasteiger partial charge in [0, 0.05) is 18.1 Å². The van der Waals surface area contributed by atoms with Gasteiger partial charge in [-0.05, 0) is 54.7 Å². The minimum Gasteiger partial charge on any atom is -0.380 e. The molecule has 0 aliphatic carbocycles. The molecule has 1 aromatic heterocycles. The molecule has 1 aliphatic heterocycles. The molecular formula is C15H17N3O2S. The summed E-state index contributed by atoms with van der Waals surface area (Å²) in [6.45, 7) is 0. The van der Waals surface area contributed by atoms with E-state index >= 15 is 0 Å². The molecule has 0 radical (unpaired) electrons. The predicted octanol–water partition coefficient (Wildman–Crippen LogP) is 2.07. The highest BCUT2D eigenvalue weighted by molar-refractivity contribution is 7.99. The van der Waals surface area contributed by atoms with Crippen LogP contribution in [0.25, 0.3) is 5.69 Å². The topological polar surface area (TPSA) is 67.2 Å². The minimum atomic E-state index is -1.23. The van der Waals surface area contributed by atoms with E-state index in [1.54, 1.807) is 22.6 Å². The van der Waals surface area contributed by atoms with Gasteiger partial charge in [-0.25, -0.2) is 4.68 Å². The first-order chi connectivity index (χ1) is 10.2. The molecule has 6 heteroatoms. The molecule has 2 N–H and O–H groups in total. The van der Waals surface area contributed by atoms with Crippen molar-refractivity contribution in [2.24, 2.45) is 0 Å². The van der Waals surface area contributed by atoms with E-state index in [-0.39, 0.29) is 5.91 Å². The van der Waals surface area contributed by atoms with Crippen LogP contribution in [0.1, 0.15) is 12.8 Å². The lowest BCUT2D eigenvalue weighted by molar-refractivity contribution is -0.134. The summed E-state index contributed by atoms with van der Waals surface area (Å²) in [6, 6.07) is 9.24. The van der Waals surface area contributed by atoms with E-state index in [1.807, 2.05) is 36.5 Å². The maximum Gasteiger partial charge on any atom is 0.256 e. The van der Waals surface area contributed by atoms with Crippen LogP contribution in [0.15, 0.2) is 42.7 Å². The highest BCUT2D eigenvalue weighted by Gasteiger charge is 2.37. The van der Waals surface area contributed by atoms with E-state index in [9.17, 15) is 9.90 Å². The van der Waals surface area contributed by atoms with Gasteiger partial charge in [0.05, 0.1) is 5.69 Å². The number of hydrogen-bond acceptors (Lipinski definition) is 4. The molecule has 1 saturated heterocycles. The number of anilines is 1. The van der Waals surface area contributed by atoms with Crippen molar-refractivity contribution >= 4 is 23.4 Å². The van der Waals surface area contributed by atoms with Gasteiger partial charge >= 0.3 is 0 Å². The first-order valence-electron chi connectivity index (χ1n) is 6.89. The number of aliphatic hydroxyl groups is 1. The molecular weight excluding hydrogens is 286 g/mol. The second-order valence-electron chi connectivity index (χ2n) is 5.10. The molecule has 1 fully saturated rings. The van der Waals surface area contributed by atoms with Crippen LogP contribution in [0, 0.1) is 0 Å². The summed E-state index contributed by atoms with van der Waals surface area (Å²) in [5.74, 6) is 1.33. The van der Waals surface area contributed by atoms with Crippen LogP contribution in [0.3, 0.4) is 0 Å². The molecule has 2 heterocycles. The van der Waals surface area contributed by atoms with Crippen molar-refractivity contribution in [3.63, 3.8) is 0 Å². The summed E-state index contributed by atoms with van der Waals surface area (Å²) < 4.78 is 1.75. The average Bonchev–Trinajstić information content (AvgIpc) is 3.03. The van der Waals surface area contributed by atoms with E-state index in [1.165, 1.54) is 0 Å². The van der Waals surface area contributed by atoms with E-state index in [0.717, 1.165) is 17.2 Å². The Balaban J connectivity index is 1.69. The van der Waals surface area contributed by atoms with Gasteiger partial charge in [0.15, 0.2) is 0 Å². The van der Waals surface area contributed by atoms with Gasteiger partial charge in [0.1, 0.15) is 5.60 Å². The number of thioether (sulfide) groups is 1. The summed E-state index contributed by atoms with van der Waals surface area (Å²) in [5.41, 5.74) is 0.375. The molecule has 5 nitrogen and oxygen atoms in total. The summed E-state index contributed by atoms with van der Waals surface area (Å²) >= 11 is 1.77. The van der Waals surface area contributed by atoms with Crippen LogP contribution in [-0.4, -0.2) is 37.9 Å². The minimum absolute atomic E-state index is 0.311. The fourth-order valence-corrected chi connectivity index (χ4v) is 3.47. The number of carbonyl (C=O) groups is 1. The Morgan fingerprint density at radius 3 is 2.62 bits per heavy atom. The maximum atomic E-state index is 12.2. The van der Waals surface area contributed by atoms with Crippen LogP contribution in [0.2, 0.25) is 0 Å². The molecule has 1 aromatic carbocycles. The number of amides is 1. The third-order valence-corrected chi connectivity index (χ3v) is 4.62. The number of nitrogens with zero attached hydrogens (tertiary/aromatic N) is 2. The second kappa shape index (κ2) is 5.91. The van der Waals surface area contributed by atoms with Gasteiger partial charge in [0.25, 0.3) is 5.91 Å². The Labute approximate surface area is 127 Å². The highest BCUT2D eigenvalue weighted by Crippen LogP contribution is 2.28. The fourth-order valence-electron chi connectivity index (χ4n) is 2.30. The zero-order chi connectivity index (χ0) is 14.7. The van der Waals surface area contributed by atoms with E-state index in [4.69, 9.17) is 0 Å². The van der Waals surface area contributed by atoms with Gasteiger partial charge in [-0.3, -0.25) is 4.79 Å². The normalized spacial score (nSPS) is 17.4. The highest BCUT2D eigenvalue weighted by atomic mass is 32.2. The third-order valence-electron chi connectivity index (χ3n) is 3.64. The van der Waals surface area contributed by atoms with Gasteiger partial charge in [-0.1, -0.05) is 0 Å². The number of hydrogen-bond donors (Lipinski definition) is 2. The molecule has 3 rings (SSSR count). The Bertz CT molecular complexity index is 604. The number of benzene rings is 1. The zero-order valence-corrected chi connectivity index (χ0v) is 12.3. The third kappa shape index (κ3) is 3.11. The molecule has 21 heavy (non-hydrogen) atoms. The number of nitrogens with one attached hydrogen (secondary N) is 1. The molecule has 0 spiro atoms. The first-order valence-corrected chi connectivity index (χ1v) is 8.04. The van der Waals surface area contributed by atoms with Crippen LogP contribution in [0.4, 0.5) is 5.69 Å². The quantitative estimate of drug-likeness (QED) is 0.911. The SMILES string of the molecule is O=C(Nc1ccc(-n2cccn2)cc1)C1(O)CCSCC1. The van der Waals surface area contributed by atoms with E-state index in [0.29, 0.717) is 18.5 Å². The Hall–Kier alpha value is -1.79. The lowest BCUT2D eigenvalue weighted by Crippen LogP contribution is -2.45. The molecule has 0 atom stereocenters. The van der Waals surface area contributed by atoms with Crippen molar-refractivity contribution in [3.05, 3.63) is 42.7 Å². The van der Waals surface area contributed by atoms with E-state index in [2.05, 4.69) is 10.4 Å². The van der Waals surface area contributed by atoms with Crippen molar-refractivity contribution in [1.82, 2.24) is 9.78 Å². The lowest BCUT2D eigenvalue weighted by Gasteiger charge is -2.30. The molecule has 1 amide bonds. The van der Waals surface area contributed by atoms with Crippen molar-refractivity contribution in [2.45, 2.75) is 18.4 Å². The van der Waals surface area contributed by atoms with Crippen LogP contribution < -0.4 is 5.32 Å². The second-order valence-corrected chi connectivity index (χ2v) is 6.32. The van der Waals surface area contributed by atoms with Gasteiger partial charge in [-0.15, -0.1) is 0 Å². The van der Waals surface area contributed by atoms with Gasteiger partial charge in [-0.2, -0.15) is 16.9 Å². The smallest absolute Gasteiger partial charge is 0.256 e. The predicted molar refractivity (Wildman–Crippen MR) is 83.7 cm³/mol. The monoisotopic (exact) mass is 303 g/mol. The first kappa shape index (κ1) is 14.2. The Kier molecular flexibility index (Phi) is 3.98. The average molecular weight is 303 g/mol. The summed E-state index contributed by atoms with van der Waals surface area (Å²) in [5, 5.41) is 17.3. The van der Waals surface area contributed by atoms with Gasteiger partial charge < -0.3 is 10.4 Å². The maximum absolute atomic E-state index is 12.2. The molecule has 0 unspecified atom stereocenters. The molecule has 0 saturated carbocycles. The lowest BCUT2D eigenvalue weighted by atomic mass is 9.95. The Morgan fingerprint density at radius 2 is 2.00 bits per heavy atom. The Morgan fingerprint density at radius 1 is 1.29 bits per heavy atom. The van der Waals surface area contributed by atoms with Crippen molar-refractivity contribution < 1.29 is 9.90 Å². The summed E-state index contributed by atoms with van der Waals surface area (Å²) in [7, 11) is 0. The summed E-state index contributed by atoms with van der Waals surface area (Å²) in [6.07, 6.45) is 4.59.